The van der Waals surface area contributed by atoms with Crippen molar-refractivity contribution in [1.82, 2.24) is 10.2 Å². The Kier molecular flexibility index (Phi) is 6.15. The molecule has 0 radical (unpaired) electrons. The zero-order valence-electron chi connectivity index (χ0n) is 11.4. The number of hydrogen-bond donors (Lipinski definition) is 1. The fourth-order valence-electron chi connectivity index (χ4n) is 1.99. The van der Waals surface area contributed by atoms with Gasteiger partial charge in [-0.25, -0.2) is 0 Å². The van der Waals surface area contributed by atoms with Crippen LogP contribution in [0.1, 0.15) is 40.5 Å². The topological polar surface area (TPSA) is 15.3 Å². The molecule has 0 heterocycles. The molecule has 2 nitrogen and oxygen atoms in total. The molecule has 0 bridgehead atoms. The summed E-state index contributed by atoms with van der Waals surface area (Å²) in [6.07, 6.45) is 2.28. The standard InChI is InChI=1S/C13H28N2/c1-8-10-14-12(11(3)4)13(5,9-2)15(6)7/h12,14H,3,8-10H2,1-2,4-7H3. The minimum atomic E-state index is 0.154. The van der Waals surface area contributed by atoms with Crippen LogP contribution < -0.4 is 5.32 Å². The van der Waals surface area contributed by atoms with Gasteiger partial charge in [0.1, 0.15) is 0 Å². The largest absolute Gasteiger partial charge is 0.309 e. The van der Waals surface area contributed by atoms with Gasteiger partial charge in [-0.15, -0.1) is 0 Å². The van der Waals surface area contributed by atoms with Crippen molar-refractivity contribution in [2.24, 2.45) is 0 Å². The molecular weight excluding hydrogens is 184 g/mol. The maximum Gasteiger partial charge on any atom is 0.0458 e. The highest BCUT2D eigenvalue weighted by atomic mass is 15.2. The van der Waals surface area contributed by atoms with Crippen molar-refractivity contribution in [2.45, 2.75) is 52.1 Å². The molecule has 0 aromatic rings. The van der Waals surface area contributed by atoms with Crippen molar-refractivity contribution in [3.8, 4) is 0 Å². The van der Waals surface area contributed by atoms with Gasteiger partial charge in [-0.3, -0.25) is 0 Å². The number of rotatable bonds is 7. The van der Waals surface area contributed by atoms with E-state index in [9.17, 15) is 0 Å². The van der Waals surface area contributed by atoms with Gasteiger partial charge < -0.3 is 10.2 Å². The highest BCUT2D eigenvalue weighted by molar-refractivity contribution is 5.12. The Labute approximate surface area is 95.7 Å². The van der Waals surface area contributed by atoms with Crippen LogP contribution in [0.2, 0.25) is 0 Å². The smallest absolute Gasteiger partial charge is 0.0458 e. The third-order valence-electron chi connectivity index (χ3n) is 3.45. The van der Waals surface area contributed by atoms with Crippen molar-refractivity contribution in [3.63, 3.8) is 0 Å². The highest BCUT2D eigenvalue weighted by Crippen LogP contribution is 2.25. The lowest BCUT2D eigenvalue weighted by Gasteiger charge is -2.43. The normalized spacial score (nSPS) is 17.5. The first-order valence-electron chi connectivity index (χ1n) is 5.96. The lowest BCUT2D eigenvalue weighted by atomic mass is 9.84. The first kappa shape index (κ1) is 14.7. The van der Waals surface area contributed by atoms with E-state index in [2.05, 4.69) is 58.6 Å². The van der Waals surface area contributed by atoms with Gasteiger partial charge in [0.05, 0.1) is 0 Å². The maximum absolute atomic E-state index is 4.12. The van der Waals surface area contributed by atoms with Gasteiger partial charge in [0.2, 0.25) is 0 Å². The average Bonchev–Trinajstić information content (AvgIpc) is 2.17. The van der Waals surface area contributed by atoms with Crippen LogP contribution in [-0.4, -0.2) is 37.1 Å². The van der Waals surface area contributed by atoms with Crippen molar-refractivity contribution >= 4 is 0 Å². The van der Waals surface area contributed by atoms with E-state index in [1.54, 1.807) is 0 Å². The molecule has 0 aliphatic carbocycles. The van der Waals surface area contributed by atoms with Crippen LogP contribution in [0, 0.1) is 0 Å². The second-order valence-corrected chi connectivity index (χ2v) is 4.84. The summed E-state index contributed by atoms with van der Waals surface area (Å²) in [7, 11) is 4.29. The highest BCUT2D eigenvalue weighted by Gasteiger charge is 2.34. The van der Waals surface area contributed by atoms with Crippen molar-refractivity contribution in [3.05, 3.63) is 12.2 Å². The fraction of sp³-hybridized carbons (Fsp3) is 0.846. The average molecular weight is 212 g/mol. The first-order valence-corrected chi connectivity index (χ1v) is 5.96. The van der Waals surface area contributed by atoms with Crippen LogP contribution in [0.5, 0.6) is 0 Å². The lowest BCUT2D eigenvalue weighted by molar-refractivity contribution is 0.128. The SMILES string of the molecule is C=C(C)C(NCCC)C(C)(CC)N(C)C. The third kappa shape index (κ3) is 3.62. The van der Waals surface area contributed by atoms with Crippen LogP contribution in [0.4, 0.5) is 0 Å². The van der Waals surface area contributed by atoms with E-state index in [4.69, 9.17) is 0 Å². The molecular formula is C13H28N2. The van der Waals surface area contributed by atoms with E-state index in [1.165, 1.54) is 5.57 Å². The molecule has 0 aromatic carbocycles. The zero-order valence-corrected chi connectivity index (χ0v) is 11.4. The number of hydrogen-bond acceptors (Lipinski definition) is 2. The lowest BCUT2D eigenvalue weighted by Crippen LogP contribution is -2.57. The van der Waals surface area contributed by atoms with Gasteiger partial charge in [0, 0.05) is 11.6 Å². The summed E-state index contributed by atoms with van der Waals surface area (Å²) in [5.74, 6) is 0. The molecule has 2 atom stereocenters. The van der Waals surface area contributed by atoms with Crippen molar-refractivity contribution < 1.29 is 0 Å². The Bertz CT molecular complexity index is 199. The molecule has 0 aromatic heterocycles. The summed E-state index contributed by atoms with van der Waals surface area (Å²) in [5.41, 5.74) is 1.38. The molecule has 15 heavy (non-hydrogen) atoms. The Morgan fingerprint density at radius 2 is 1.93 bits per heavy atom. The Hall–Kier alpha value is -0.340. The van der Waals surface area contributed by atoms with Gasteiger partial charge >= 0.3 is 0 Å². The summed E-state index contributed by atoms with van der Waals surface area (Å²) < 4.78 is 0. The van der Waals surface area contributed by atoms with Crippen LogP contribution in [-0.2, 0) is 0 Å². The molecule has 0 amide bonds. The number of nitrogens with zero attached hydrogens (tertiary/aromatic N) is 1. The van der Waals surface area contributed by atoms with Gasteiger partial charge in [-0.2, -0.15) is 0 Å². The van der Waals surface area contributed by atoms with Crippen LogP contribution in [0.15, 0.2) is 12.2 Å². The van der Waals surface area contributed by atoms with E-state index in [0.717, 1.165) is 19.4 Å². The molecule has 0 saturated carbocycles. The summed E-state index contributed by atoms with van der Waals surface area (Å²) in [5, 5.41) is 3.60. The van der Waals surface area contributed by atoms with Gasteiger partial charge in [-0.1, -0.05) is 26.0 Å². The fourth-order valence-corrected chi connectivity index (χ4v) is 1.99. The second-order valence-electron chi connectivity index (χ2n) is 4.84. The number of nitrogens with one attached hydrogen (secondary N) is 1. The van der Waals surface area contributed by atoms with Gasteiger partial charge in [-0.05, 0) is 47.3 Å². The monoisotopic (exact) mass is 212 g/mol. The van der Waals surface area contributed by atoms with Crippen LogP contribution >= 0.6 is 0 Å². The predicted molar refractivity (Wildman–Crippen MR) is 69.3 cm³/mol. The third-order valence-corrected chi connectivity index (χ3v) is 3.45. The Morgan fingerprint density at radius 3 is 2.20 bits per heavy atom. The molecule has 0 aliphatic heterocycles. The minimum Gasteiger partial charge on any atom is -0.309 e. The summed E-state index contributed by atoms with van der Waals surface area (Å²) in [6, 6.07) is 0.373. The van der Waals surface area contributed by atoms with E-state index in [-0.39, 0.29) is 5.54 Å². The molecule has 2 unspecified atom stereocenters. The summed E-state index contributed by atoms with van der Waals surface area (Å²) >= 11 is 0. The maximum atomic E-state index is 4.12. The molecule has 0 spiro atoms. The second kappa shape index (κ2) is 6.29. The predicted octanol–water partition coefficient (Wildman–Crippen LogP) is 2.66. The minimum absolute atomic E-state index is 0.154. The molecule has 0 aliphatic rings. The van der Waals surface area contributed by atoms with E-state index in [0.29, 0.717) is 6.04 Å². The van der Waals surface area contributed by atoms with Gasteiger partial charge in [0.15, 0.2) is 0 Å². The molecule has 0 rings (SSSR count). The van der Waals surface area contributed by atoms with Crippen molar-refractivity contribution in [2.75, 3.05) is 20.6 Å². The molecule has 1 N–H and O–H groups in total. The summed E-state index contributed by atoms with van der Waals surface area (Å²) in [6.45, 7) is 14.0. The number of likely N-dealkylation sites (N-methyl/N-ethyl adjacent to an activating group) is 1. The van der Waals surface area contributed by atoms with Gasteiger partial charge in [0.25, 0.3) is 0 Å². The van der Waals surface area contributed by atoms with Crippen LogP contribution in [0.3, 0.4) is 0 Å². The first-order chi connectivity index (χ1) is 6.90. The molecule has 0 fully saturated rings. The van der Waals surface area contributed by atoms with E-state index in [1.807, 2.05) is 0 Å². The van der Waals surface area contributed by atoms with E-state index >= 15 is 0 Å². The Morgan fingerprint density at radius 1 is 1.40 bits per heavy atom. The zero-order chi connectivity index (χ0) is 12.1. The molecule has 2 heteroatoms. The van der Waals surface area contributed by atoms with Crippen LogP contribution in [0.25, 0.3) is 0 Å². The van der Waals surface area contributed by atoms with E-state index < -0.39 is 0 Å². The molecule has 0 saturated heterocycles. The summed E-state index contributed by atoms with van der Waals surface area (Å²) in [4.78, 5) is 2.30. The Balaban J connectivity index is 4.77. The van der Waals surface area contributed by atoms with Crippen molar-refractivity contribution in [1.29, 1.82) is 0 Å². The quantitative estimate of drug-likeness (QED) is 0.653. The molecule has 90 valence electrons.